The quantitative estimate of drug-likeness (QED) is 0.755. The number of fused-ring (bicyclic) bond motifs is 1. The normalized spacial score (nSPS) is 10.9. The average Bonchev–Trinajstić information content (AvgIpc) is 2.95. The Morgan fingerprint density at radius 1 is 1.25 bits per heavy atom. The summed E-state index contributed by atoms with van der Waals surface area (Å²) in [7, 11) is 1.65. The van der Waals surface area contributed by atoms with Crippen LogP contribution in [0.5, 0.6) is 0 Å². The van der Waals surface area contributed by atoms with Crippen LogP contribution in [0.3, 0.4) is 0 Å². The molecule has 0 saturated carbocycles. The van der Waals surface area contributed by atoms with Gasteiger partial charge < -0.3 is 10.1 Å². The highest BCUT2D eigenvalue weighted by atomic mass is 16.5. The van der Waals surface area contributed by atoms with Crippen molar-refractivity contribution in [3.63, 3.8) is 0 Å². The SMILES string of the molecule is COCc1cccc(NC(=O)CCn2ncc3cc(C)ccc32)c1. The van der Waals surface area contributed by atoms with Crippen molar-refractivity contribution in [3.05, 3.63) is 59.8 Å². The van der Waals surface area contributed by atoms with Crippen LogP contribution in [0.25, 0.3) is 10.9 Å². The third kappa shape index (κ3) is 3.81. The van der Waals surface area contributed by atoms with Crippen molar-refractivity contribution in [2.45, 2.75) is 26.5 Å². The van der Waals surface area contributed by atoms with E-state index in [0.29, 0.717) is 19.6 Å². The lowest BCUT2D eigenvalue weighted by atomic mass is 10.2. The standard InChI is InChI=1S/C19H21N3O2/c1-14-6-7-18-16(10-14)12-20-22(18)9-8-19(23)21-17-5-3-4-15(11-17)13-24-2/h3-7,10-12H,8-9,13H2,1-2H3,(H,21,23). The van der Waals surface area contributed by atoms with Gasteiger partial charge in [0.05, 0.1) is 24.9 Å². The fraction of sp³-hybridized carbons (Fsp3) is 0.263. The number of hydrogen-bond acceptors (Lipinski definition) is 3. The number of anilines is 1. The van der Waals surface area contributed by atoms with Gasteiger partial charge in [0.2, 0.25) is 5.91 Å². The molecule has 0 aliphatic carbocycles. The molecule has 0 aliphatic heterocycles. The second-order valence-electron chi connectivity index (χ2n) is 5.86. The number of benzene rings is 2. The first-order valence-electron chi connectivity index (χ1n) is 7.95. The van der Waals surface area contributed by atoms with Crippen LogP contribution in [0.2, 0.25) is 0 Å². The van der Waals surface area contributed by atoms with Crippen LogP contribution in [0.1, 0.15) is 17.5 Å². The Bertz CT molecular complexity index is 855. The number of nitrogens with one attached hydrogen (secondary N) is 1. The lowest BCUT2D eigenvalue weighted by Gasteiger charge is -2.08. The first-order chi connectivity index (χ1) is 11.7. The van der Waals surface area contributed by atoms with Crippen molar-refractivity contribution in [2.75, 3.05) is 12.4 Å². The second kappa shape index (κ2) is 7.27. The van der Waals surface area contributed by atoms with E-state index >= 15 is 0 Å². The van der Waals surface area contributed by atoms with Gasteiger partial charge in [0.1, 0.15) is 0 Å². The number of aromatic nitrogens is 2. The van der Waals surface area contributed by atoms with Crippen molar-refractivity contribution in [3.8, 4) is 0 Å². The molecular formula is C19H21N3O2. The van der Waals surface area contributed by atoms with Gasteiger partial charge in [0.25, 0.3) is 0 Å². The third-order valence-corrected chi connectivity index (χ3v) is 3.87. The Labute approximate surface area is 141 Å². The Balaban J connectivity index is 1.61. The second-order valence-corrected chi connectivity index (χ2v) is 5.86. The van der Waals surface area contributed by atoms with E-state index in [4.69, 9.17) is 4.74 Å². The van der Waals surface area contributed by atoms with Crippen molar-refractivity contribution in [1.29, 1.82) is 0 Å². The molecule has 0 bridgehead atoms. The summed E-state index contributed by atoms with van der Waals surface area (Å²) in [6.07, 6.45) is 2.22. The van der Waals surface area contributed by atoms with Gasteiger partial charge in [-0.3, -0.25) is 9.48 Å². The van der Waals surface area contributed by atoms with Gasteiger partial charge >= 0.3 is 0 Å². The minimum absolute atomic E-state index is 0.0275. The maximum Gasteiger partial charge on any atom is 0.226 e. The van der Waals surface area contributed by atoms with Crippen molar-refractivity contribution < 1.29 is 9.53 Å². The summed E-state index contributed by atoms with van der Waals surface area (Å²) >= 11 is 0. The van der Waals surface area contributed by atoms with E-state index in [1.165, 1.54) is 5.56 Å². The van der Waals surface area contributed by atoms with Gasteiger partial charge in [-0.1, -0.05) is 23.8 Å². The van der Waals surface area contributed by atoms with Crippen molar-refractivity contribution >= 4 is 22.5 Å². The van der Waals surface area contributed by atoms with E-state index in [-0.39, 0.29) is 5.91 Å². The first kappa shape index (κ1) is 16.2. The molecule has 124 valence electrons. The smallest absolute Gasteiger partial charge is 0.226 e. The largest absolute Gasteiger partial charge is 0.380 e. The molecule has 5 nitrogen and oxygen atoms in total. The van der Waals surface area contributed by atoms with E-state index in [0.717, 1.165) is 22.2 Å². The van der Waals surface area contributed by atoms with Gasteiger partial charge in [0, 0.05) is 24.6 Å². The summed E-state index contributed by atoms with van der Waals surface area (Å²) in [6.45, 7) is 3.14. The minimum Gasteiger partial charge on any atom is -0.380 e. The fourth-order valence-electron chi connectivity index (χ4n) is 2.72. The molecule has 3 aromatic rings. The van der Waals surface area contributed by atoms with E-state index in [1.54, 1.807) is 7.11 Å². The van der Waals surface area contributed by atoms with Crippen LogP contribution >= 0.6 is 0 Å². The number of carbonyl (C=O) groups excluding carboxylic acids is 1. The summed E-state index contributed by atoms with van der Waals surface area (Å²) in [5, 5.41) is 8.40. The van der Waals surface area contributed by atoms with Crippen LogP contribution in [0.15, 0.2) is 48.7 Å². The van der Waals surface area contributed by atoms with Gasteiger partial charge in [0.15, 0.2) is 0 Å². The summed E-state index contributed by atoms with van der Waals surface area (Å²) < 4.78 is 6.98. The van der Waals surface area contributed by atoms with Crippen molar-refractivity contribution in [2.24, 2.45) is 0 Å². The van der Waals surface area contributed by atoms with Crippen molar-refractivity contribution in [1.82, 2.24) is 9.78 Å². The number of rotatable bonds is 6. The van der Waals surface area contributed by atoms with Gasteiger partial charge in [-0.05, 0) is 36.8 Å². The zero-order valence-corrected chi connectivity index (χ0v) is 14.0. The van der Waals surface area contributed by atoms with Gasteiger partial charge in [-0.15, -0.1) is 0 Å². The van der Waals surface area contributed by atoms with E-state index in [2.05, 4.69) is 29.5 Å². The summed E-state index contributed by atoms with van der Waals surface area (Å²) in [4.78, 5) is 12.2. The predicted molar refractivity (Wildman–Crippen MR) is 94.9 cm³/mol. The average molecular weight is 323 g/mol. The molecule has 1 N–H and O–H groups in total. The summed E-state index contributed by atoms with van der Waals surface area (Å²) in [5.41, 5.74) is 4.07. The Morgan fingerprint density at radius 3 is 2.96 bits per heavy atom. The highest BCUT2D eigenvalue weighted by Crippen LogP contribution is 2.16. The zero-order valence-electron chi connectivity index (χ0n) is 14.0. The Kier molecular flexibility index (Phi) is 4.91. The molecular weight excluding hydrogens is 302 g/mol. The Morgan fingerprint density at radius 2 is 2.12 bits per heavy atom. The molecule has 24 heavy (non-hydrogen) atoms. The molecule has 0 saturated heterocycles. The highest BCUT2D eigenvalue weighted by molar-refractivity contribution is 5.90. The molecule has 0 atom stereocenters. The predicted octanol–water partition coefficient (Wildman–Crippen LogP) is 3.52. The number of aryl methyl sites for hydroxylation is 2. The highest BCUT2D eigenvalue weighted by Gasteiger charge is 2.07. The molecule has 0 radical (unpaired) electrons. The summed E-state index contributed by atoms with van der Waals surface area (Å²) in [5.74, 6) is -0.0275. The molecule has 1 aromatic heterocycles. The topological polar surface area (TPSA) is 56.1 Å². The molecule has 1 amide bonds. The monoisotopic (exact) mass is 323 g/mol. The number of carbonyl (C=O) groups is 1. The van der Waals surface area contributed by atoms with Crippen LogP contribution in [0, 0.1) is 6.92 Å². The maximum atomic E-state index is 12.2. The lowest BCUT2D eigenvalue weighted by molar-refractivity contribution is -0.116. The lowest BCUT2D eigenvalue weighted by Crippen LogP contribution is -2.15. The molecule has 1 heterocycles. The molecule has 2 aromatic carbocycles. The van der Waals surface area contributed by atoms with Crippen LogP contribution in [-0.4, -0.2) is 22.8 Å². The number of methoxy groups -OCH3 is 1. The molecule has 0 unspecified atom stereocenters. The van der Waals surface area contributed by atoms with E-state index in [9.17, 15) is 4.79 Å². The van der Waals surface area contributed by atoms with Crippen LogP contribution in [0.4, 0.5) is 5.69 Å². The molecule has 3 rings (SSSR count). The fourth-order valence-corrected chi connectivity index (χ4v) is 2.72. The minimum atomic E-state index is -0.0275. The summed E-state index contributed by atoms with van der Waals surface area (Å²) in [6, 6.07) is 13.9. The van der Waals surface area contributed by atoms with E-state index in [1.807, 2.05) is 41.2 Å². The molecule has 0 aliphatic rings. The third-order valence-electron chi connectivity index (χ3n) is 3.87. The number of hydrogen-bond donors (Lipinski definition) is 1. The van der Waals surface area contributed by atoms with Gasteiger partial charge in [-0.25, -0.2) is 0 Å². The molecule has 5 heteroatoms. The van der Waals surface area contributed by atoms with E-state index < -0.39 is 0 Å². The maximum absolute atomic E-state index is 12.2. The Hall–Kier alpha value is -2.66. The van der Waals surface area contributed by atoms with Gasteiger partial charge in [-0.2, -0.15) is 5.10 Å². The zero-order chi connectivity index (χ0) is 16.9. The molecule has 0 spiro atoms. The number of ether oxygens (including phenoxy) is 1. The van der Waals surface area contributed by atoms with Crippen LogP contribution < -0.4 is 5.32 Å². The number of amides is 1. The van der Waals surface area contributed by atoms with Crippen LogP contribution in [-0.2, 0) is 22.7 Å². The first-order valence-corrected chi connectivity index (χ1v) is 7.95. The number of nitrogens with zero attached hydrogens (tertiary/aromatic N) is 2. The molecule has 0 fully saturated rings.